The summed E-state index contributed by atoms with van der Waals surface area (Å²) < 4.78 is 0. The molecular weight excluding hydrogens is 226 g/mol. The zero-order valence-electron chi connectivity index (χ0n) is 9.99. The Morgan fingerprint density at radius 3 is 2.50 bits per heavy atom. The fraction of sp³-hybridized carbons (Fsp3) is 0.818. The summed E-state index contributed by atoms with van der Waals surface area (Å²) in [5.74, 6) is 0.161. The van der Waals surface area contributed by atoms with Crippen LogP contribution in [0.25, 0.3) is 0 Å². The van der Waals surface area contributed by atoms with Crippen molar-refractivity contribution in [2.75, 3.05) is 11.5 Å². The maximum atomic E-state index is 11.4. The highest BCUT2D eigenvalue weighted by molar-refractivity contribution is 7.99. The second kappa shape index (κ2) is 9.51. The largest absolute Gasteiger partial charge is 0.480 e. The Labute approximate surface area is 101 Å². The van der Waals surface area contributed by atoms with Crippen molar-refractivity contribution in [2.24, 2.45) is 0 Å². The zero-order chi connectivity index (χ0) is 12.4. The van der Waals surface area contributed by atoms with Gasteiger partial charge in [-0.25, -0.2) is 4.79 Å². The Bertz CT molecular complexity index is 221. The van der Waals surface area contributed by atoms with Crippen LogP contribution < -0.4 is 5.32 Å². The van der Waals surface area contributed by atoms with E-state index in [0.717, 1.165) is 25.0 Å². The fourth-order valence-electron chi connectivity index (χ4n) is 1.21. The van der Waals surface area contributed by atoms with E-state index in [4.69, 9.17) is 5.11 Å². The van der Waals surface area contributed by atoms with Crippen LogP contribution in [0.3, 0.4) is 0 Å². The number of hydrogen-bond acceptors (Lipinski definition) is 3. The molecule has 0 saturated carbocycles. The Hall–Kier alpha value is -0.710. The Kier molecular flexibility index (Phi) is 9.09. The minimum Gasteiger partial charge on any atom is -0.480 e. The van der Waals surface area contributed by atoms with Gasteiger partial charge in [0.05, 0.1) is 5.75 Å². The van der Waals surface area contributed by atoms with E-state index in [1.807, 2.05) is 13.8 Å². The Morgan fingerprint density at radius 2 is 2.00 bits per heavy atom. The molecule has 0 aromatic rings. The van der Waals surface area contributed by atoms with E-state index in [-0.39, 0.29) is 5.91 Å². The van der Waals surface area contributed by atoms with Gasteiger partial charge in [-0.1, -0.05) is 26.7 Å². The zero-order valence-corrected chi connectivity index (χ0v) is 10.8. The van der Waals surface area contributed by atoms with Gasteiger partial charge in [-0.2, -0.15) is 11.8 Å². The van der Waals surface area contributed by atoms with Crippen molar-refractivity contribution in [3.05, 3.63) is 0 Å². The first-order valence-corrected chi connectivity index (χ1v) is 6.87. The third kappa shape index (κ3) is 7.56. The molecule has 0 heterocycles. The molecular formula is C11H21NO3S. The molecule has 0 spiro atoms. The van der Waals surface area contributed by atoms with E-state index in [2.05, 4.69) is 5.32 Å². The summed E-state index contributed by atoms with van der Waals surface area (Å²) in [4.78, 5) is 22.2. The van der Waals surface area contributed by atoms with Crippen molar-refractivity contribution >= 4 is 23.6 Å². The number of rotatable bonds is 9. The predicted molar refractivity (Wildman–Crippen MR) is 66.7 cm³/mol. The summed E-state index contributed by atoms with van der Waals surface area (Å²) in [5.41, 5.74) is 0. The minimum atomic E-state index is -0.942. The van der Waals surface area contributed by atoms with E-state index in [9.17, 15) is 9.59 Å². The SMILES string of the molecule is CCCCC(NC(=O)CSCCC)C(=O)O. The van der Waals surface area contributed by atoms with Crippen LogP contribution in [0.4, 0.5) is 0 Å². The lowest BCUT2D eigenvalue weighted by atomic mass is 10.1. The lowest BCUT2D eigenvalue weighted by Crippen LogP contribution is -2.41. The summed E-state index contributed by atoms with van der Waals surface area (Å²) in [6.07, 6.45) is 3.29. The van der Waals surface area contributed by atoms with Crippen molar-refractivity contribution in [3.8, 4) is 0 Å². The predicted octanol–water partition coefficient (Wildman–Crippen LogP) is 1.89. The number of nitrogens with one attached hydrogen (secondary N) is 1. The molecule has 4 nitrogen and oxygen atoms in total. The molecule has 0 aliphatic rings. The van der Waals surface area contributed by atoms with Gasteiger partial charge < -0.3 is 10.4 Å². The van der Waals surface area contributed by atoms with Crippen molar-refractivity contribution < 1.29 is 14.7 Å². The van der Waals surface area contributed by atoms with Crippen LogP contribution >= 0.6 is 11.8 Å². The molecule has 0 fully saturated rings. The fourth-order valence-corrected chi connectivity index (χ4v) is 1.91. The van der Waals surface area contributed by atoms with Gasteiger partial charge in [-0.3, -0.25) is 4.79 Å². The highest BCUT2D eigenvalue weighted by atomic mass is 32.2. The molecule has 1 unspecified atom stereocenters. The average Bonchev–Trinajstić information content (AvgIpc) is 2.24. The minimum absolute atomic E-state index is 0.179. The second-order valence-corrected chi connectivity index (χ2v) is 4.76. The molecule has 1 amide bonds. The first kappa shape index (κ1) is 15.3. The van der Waals surface area contributed by atoms with Crippen LogP contribution in [-0.2, 0) is 9.59 Å². The molecule has 0 saturated heterocycles. The van der Waals surface area contributed by atoms with E-state index < -0.39 is 12.0 Å². The molecule has 2 N–H and O–H groups in total. The number of aliphatic carboxylic acids is 1. The molecule has 1 atom stereocenters. The van der Waals surface area contributed by atoms with Crippen molar-refractivity contribution in [2.45, 2.75) is 45.6 Å². The van der Waals surface area contributed by atoms with Crippen molar-refractivity contribution in [3.63, 3.8) is 0 Å². The Balaban J connectivity index is 3.88. The van der Waals surface area contributed by atoms with Gasteiger partial charge >= 0.3 is 5.97 Å². The molecule has 0 rings (SSSR count). The number of unbranched alkanes of at least 4 members (excludes halogenated alkanes) is 1. The molecule has 0 aromatic carbocycles. The van der Waals surface area contributed by atoms with Crippen molar-refractivity contribution in [1.29, 1.82) is 0 Å². The molecule has 94 valence electrons. The standard InChI is InChI=1S/C11H21NO3S/c1-3-5-6-9(11(14)15)12-10(13)8-16-7-4-2/h9H,3-8H2,1-2H3,(H,12,13)(H,14,15). The normalized spacial score (nSPS) is 12.1. The monoisotopic (exact) mass is 247 g/mol. The molecule has 0 bridgehead atoms. The topological polar surface area (TPSA) is 66.4 Å². The van der Waals surface area contributed by atoms with E-state index in [1.54, 1.807) is 0 Å². The first-order valence-electron chi connectivity index (χ1n) is 5.71. The quantitative estimate of drug-likeness (QED) is 0.611. The van der Waals surface area contributed by atoms with E-state index >= 15 is 0 Å². The number of carbonyl (C=O) groups excluding carboxylic acids is 1. The first-order chi connectivity index (χ1) is 7.61. The molecule has 16 heavy (non-hydrogen) atoms. The maximum absolute atomic E-state index is 11.4. The highest BCUT2D eigenvalue weighted by Gasteiger charge is 2.18. The van der Waals surface area contributed by atoms with Gasteiger partial charge in [0.25, 0.3) is 0 Å². The third-order valence-corrected chi connectivity index (χ3v) is 3.22. The van der Waals surface area contributed by atoms with Gasteiger partial charge in [0.15, 0.2) is 0 Å². The number of carboxylic acid groups (broad SMARTS) is 1. The summed E-state index contributed by atoms with van der Waals surface area (Å²) in [6.45, 7) is 4.05. The summed E-state index contributed by atoms with van der Waals surface area (Å²) in [6, 6.07) is -0.727. The van der Waals surface area contributed by atoms with E-state index in [1.165, 1.54) is 11.8 Å². The number of thioether (sulfide) groups is 1. The van der Waals surface area contributed by atoms with Gasteiger partial charge in [0, 0.05) is 0 Å². The summed E-state index contributed by atoms with van der Waals surface area (Å²) in [7, 11) is 0. The Morgan fingerprint density at radius 1 is 1.31 bits per heavy atom. The highest BCUT2D eigenvalue weighted by Crippen LogP contribution is 2.04. The molecule has 0 aromatic heterocycles. The molecule has 0 radical (unpaired) electrons. The van der Waals surface area contributed by atoms with Gasteiger partial charge in [0.1, 0.15) is 6.04 Å². The average molecular weight is 247 g/mol. The second-order valence-electron chi connectivity index (χ2n) is 3.65. The van der Waals surface area contributed by atoms with Crippen LogP contribution in [-0.4, -0.2) is 34.5 Å². The molecule has 0 aliphatic heterocycles. The lowest BCUT2D eigenvalue weighted by Gasteiger charge is -2.13. The molecule has 5 heteroatoms. The van der Waals surface area contributed by atoms with Crippen LogP contribution in [0.2, 0.25) is 0 Å². The van der Waals surface area contributed by atoms with Crippen molar-refractivity contribution in [1.82, 2.24) is 5.32 Å². The van der Waals surface area contributed by atoms with Gasteiger partial charge in [-0.15, -0.1) is 0 Å². The maximum Gasteiger partial charge on any atom is 0.326 e. The van der Waals surface area contributed by atoms with Crippen LogP contribution in [0, 0.1) is 0 Å². The summed E-state index contributed by atoms with van der Waals surface area (Å²) in [5, 5.41) is 11.4. The van der Waals surface area contributed by atoms with Gasteiger partial charge in [-0.05, 0) is 18.6 Å². The van der Waals surface area contributed by atoms with Crippen LogP contribution in [0.15, 0.2) is 0 Å². The third-order valence-electron chi connectivity index (χ3n) is 2.06. The molecule has 0 aliphatic carbocycles. The summed E-state index contributed by atoms with van der Waals surface area (Å²) >= 11 is 1.53. The number of carboxylic acids is 1. The smallest absolute Gasteiger partial charge is 0.326 e. The number of hydrogen-bond donors (Lipinski definition) is 2. The van der Waals surface area contributed by atoms with Crippen LogP contribution in [0.1, 0.15) is 39.5 Å². The van der Waals surface area contributed by atoms with E-state index in [0.29, 0.717) is 12.2 Å². The lowest BCUT2D eigenvalue weighted by molar-refractivity contribution is -0.141. The van der Waals surface area contributed by atoms with Crippen LogP contribution in [0.5, 0.6) is 0 Å². The van der Waals surface area contributed by atoms with Gasteiger partial charge in [0.2, 0.25) is 5.91 Å². The number of carbonyl (C=O) groups is 2. The number of amides is 1.